The minimum absolute atomic E-state index is 0.218. The van der Waals surface area contributed by atoms with Gasteiger partial charge in [-0.1, -0.05) is 42.3 Å². The first-order chi connectivity index (χ1) is 12.0. The molecule has 0 aliphatic heterocycles. The zero-order valence-electron chi connectivity index (χ0n) is 13.9. The van der Waals surface area contributed by atoms with Crippen LogP contribution in [0, 0.1) is 6.92 Å². The van der Waals surface area contributed by atoms with E-state index in [2.05, 4.69) is 12.2 Å². The highest BCUT2D eigenvalue weighted by Gasteiger charge is 2.17. The van der Waals surface area contributed by atoms with Gasteiger partial charge in [0, 0.05) is 21.3 Å². The summed E-state index contributed by atoms with van der Waals surface area (Å²) in [5.41, 5.74) is 3.17. The molecule has 0 saturated heterocycles. The van der Waals surface area contributed by atoms with E-state index < -0.39 is 0 Å². The molecule has 25 heavy (non-hydrogen) atoms. The van der Waals surface area contributed by atoms with Crippen molar-refractivity contribution in [1.82, 2.24) is 0 Å². The Morgan fingerprint density at radius 2 is 1.68 bits per heavy atom. The predicted octanol–water partition coefficient (Wildman–Crippen LogP) is 6.38. The van der Waals surface area contributed by atoms with Crippen LogP contribution < -0.4 is 5.32 Å². The van der Waals surface area contributed by atoms with Crippen molar-refractivity contribution in [2.75, 3.05) is 5.32 Å². The maximum atomic E-state index is 12.5. The lowest BCUT2D eigenvalue weighted by Gasteiger charge is -2.05. The summed E-state index contributed by atoms with van der Waals surface area (Å²) in [7, 11) is 0. The fourth-order valence-corrected chi connectivity index (χ4v) is 3.09. The van der Waals surface area contributed by atoms with E-state index in [-0.39, 0.29) is 5.91 Å². The summed E-state index contributed by atoms with van der Waals surface area (Å²) in [6.07, 6.45) is 0.959. The van der Waals surface area contributed by atoms with Crippen molar-refractivity contribution >= 4 is 34.8 Å². The molecule has 1 N–H and O–H groups in total. The number of hydrogen-bond acceptors (Lipinski definition) is 2. The monoisotopic (exact) mass is 373 g/mol. The Morgan fingerprint density at radius 1 is 1.04 bits per heavy atom. The number of amides is 1. The van der Waals surface area contributed by atoms with E-state index in [9.17, 15) is 4.79 Å². The summed E-state index contributed by atoms with van der Waals surface area (Å²) in [6.45, 7) is 3.84. The standard InChI is InChI=1S/C20H17Cl2NO2/c1-3-13-4-6-17(7-5-13)23-20(24)18-11-19(25-12(18)2)14-8-15(21)10-16(22)9-14/h4-11H,3H2,1-2H3,(H,23,24). The first-order valence-corrected chi connectivity index (χ1v) is 8.69. The average Bonchev–Trinajstić information content (AvgIpc) is 2.97. The Morgan fingerprint density at radius 3 is 2.28 bits per heavy atom. The van der Waals surface area contributed by atoms with Crippen LogP contribution >= 0.6 is 23.2 Å². The first kappa shape index (κ1) is 17.6. The molecule has 3 aromatic rings. The molecule has 0 aliphatic carbocycles. The lowest BCUT2D eigenvalue weighted by Crippen LogP contribution is -2.12. The smallest absolute Gasteiger partial charge is 0.259 e. The number of benzene rings is 2. The van der Waals surface area contributed by atoms with Gasteiger partial charge in [0.05, 0.1) is 5.56 Å². The van der Waals surface area contributed by atoms with E-state index in [1.165, 1.54) is 5.56 Å². The van der Waals surface area contributed by atoms with Crippen molar-refractivity contribution < 1.29 is 9.21 Å². The molecule has 0 radical (unpaired) electrons. The largest absolute Gasteiger partial charge is 0.461 e. The van der Waals surface area contributed by atoms with E-state index in [0.29, 0.717) is 27.1 Å². The molecule has 0 aliphatic rings. The van der Waals surface area contributed by atoms with Crippen LogP contribution in [0.2, 0.25) is 10.0 Å². The van der Waals surface area contributed by atoms with E-state index in [0.717, 1.165) is 17.7 Å². The Kier molecular flexibility index (Phi) is 5.16. The molecule has 128 valence electrons. The Bertz CT molecular complexity index is 894. The van der Waals surface area contributed by atoms with Crippen LogP contribution in [0.3, 0.4) is 0 Å². The highest BCUT2D eigenvalue weighted by atomic mass is 35.5. The minimum Gasteiger partial charge on any atom is -0.461 e. The van der Waals surface area contributed by atoms with Crippen LogP contribution in [0.4, 0.5) is 5.69 Å². The third-order valence-electron chi connectivity index (χ3n) is 3.93. The summed E-state index contributed by atoms with van der Waals surface area (Å²) in [5.74, 6) is 0.868. The number of carbonyl (C=O) groups is 1. The van der Waals surface area contributed by atoms with Gasteiger partial charge in [-0.2, -0.15) is 0 Å². The Balaban J connectivity index is 1.84. The second kappa shape index (κ2) is 7.34. The molecule has 1 amide bonds. The predicted molar refractivity (Wildman–Crippen MR) is 103 cm³/mol. The Labute approximate surface area is 156 Å². The van der Waals surface area contributed by atoms with Crippen LogP contribution in [0.5, 0.6) is 0 Å². The number of aryl methyl sites for hydroxylation is 2. The number of carbonyl (C=O) groups excluding carboxylic acids is 1. The molecule has 1 aromatic heterocycles. The van der Waals surface area contributed by atoms with Gasteiger partial charge in [0.15, 0.2) is 0 Å². The molecule has 0 bridgehead atoms. The number of hydrogen-bond donors (Lipinski definition) is 1. The number of halogens is 2. The van der Waals surface area contributed by atoms with Gasteiger partial charge in [-0.15, -0.1) is 0 Å². The minimum atomic E-state index is -0.218. The van der Waals surface area contributed by atoms with Crippen LogP contribution in [-0.4, -0.2) is 5.91 Å². The van der Waals surface area contributed by atoms with Gasteiger partial charge in [-0.3, -0.25) is 4.79 Å². The van der Waals surface area contributed by atoms with Gasteiger partial charge in [-0.25, -0.2) is 0 Å². The van der Waals surface area contributed by atoms with Gasteiger partial charge in [0.25, 0.3) is 5.91 Å². The van der Waals surface area contributed by atoms with Gasteiger partial charge in [0.1, 0.15) is 11.5 Å². The maximum absolute atomic E-state index is 12.5. The fraction of sp³-hybridized carbons (Fsp3) is 0.150. The van der Waals surface area contributed by atoms with Gasteiger partial charge in [0.2, 0.25) is 0 Å². The lowest BCUT2D eigenvalue weighted by molar-refractivity contribution is 0.102. The van der Waals surface area contributed by atoms with Crippen molar-refractivity contribution in [3.05, 3.63) is 75.5 Å². The number of rotatable bonds is 4. The third-order valence-corrected chi connectivity index (χ3v) is 4.37. The third kappa shape index (κ3) is 4.06. The fourth-order valence-electron chi connectivity index (χ4n) is 2.57. The SMILES string of the molecule is CCc1ccc(NC(=O)c2cc(-c3cc(Cl)cc(Cl)c3)oc2C)cc1. The second-order valence-corrected chi connectivity index (χ2v) is 6.62. The van der Waals surface area contributed by atoms with Gasteiger partial charge in [-0.05, 0) is 55.3 Å². The molecule has 5 heteroatoms. The van der Waals surface area contributed by atoms with Crippen LogP contribution in [0.1, 0.15) is 28.6 Å². The van der Waals surface area contributed by atoms with E-state index in [1.807, 2.05) is 24.3 Å². The summed E-state index contributed by atoms with van der Waals surface area (Å²) < 4.78 is 5.73. The Hall–Kier alpha value is -2.23. The van der Waals surface area contributed by atoms with E-state index >= 15 is 0 Å². The highest BCUT2D eigenvalue weighted by Crippen LogP contribution is 2.30. The molecule has 0 unspecified atom stereocenters. The van der Waals surface area contributed by atoms with Crippen LogP contribution in [0.15, 0.2) is 52.9 Å². The van der Waals surface area contributed by atoms with Crippen LogP contribution in [-0.2, 0) is 6.42 Å². The highest BCUT2D eigenvalue weighted by molar-refractivity contribution is 6.35. The van der Waals surface area contributed by atoms with Crippen molar-refractivity contribution in [1.29, 1.82) is 0 Å². The first-order valence-electron chi connectivity index (χ1n) is 7.93. The van der Waals surface area contributed by atoms with Gasteiger partial charge < -0.3 is 9.73 Å². The number of furan rings is 1. The van der Waals surface area contributed by atoms with Crippen molar-refractivity contribution in [2.24, 2.45) is 0 Å². The molecular weight excluding hydrogens is 357 g/mol. The van der Waals surface area contributed by atoms with E-state index in [4.69, 9.17) is 27.6 Å². The zero-order valence-corrected chi connectivity index (χ0v) is 15.4. The summed E-state index contributed by atoms with van der Waals surface area (Å²) in [6, 6.07) is 14.6. The summed E-state index contributed by atoms with van der Waals surface area (Å²) in [5, 5.41) is 3.91. The normalized spacial score (nSPS) is 10.7. The molecule has 0 saturated carbocycles. The molecule has 0 atom stereocenters. The molecule has 2 aromatic carbocycles. The summed E-state index contributed by atoms with van der Waals surface area (Å²) >= 11 is 12.1. The topological polar surface area (TPSA) is 42.2 Å². The molecule has 1 heterocycles. The summed E-state index contributed by atoms with van der Waals surface area (Å²) in [4.78, 5) is 12.5. The average molecular weight is 374 g/mol. The van der Waals surface area contributed by atoms with Crippen molar-refractivity contribution in [3.63, 3.8) is 0 Å². The molecule has 0 fully saturated rings. The second-order valence-electron chi connectivity index (χ2n) is 5.74. The number of nitrogens with one attached hydrogen (secondary N) is 1. The number of anilines is 1. The molecule has 3 rings (SSSR count). The van der Waals surface area contributed by atoms with Crippen molar-refractivity contribution in [3.8, 4) is 11.3 Å². The quantitative estimate of drug-likeness (QED) is 0.576. The van der Waals surface area contributed by atoms with Crippen LogP contribution in [0.25, 0.3) is 11.3 Å². The maximum Gasteiger partial charge on any atom is 0.259 e. The molecule has 3 nitrogen and oxygen atoms in total. The van der Waals surface area contributed by atoms with Gasteiger partial charge >= 0.3 is 0 Å². The molecule has 0 spiro atoms. The lowest BCUT2D eigenvalue weighted by atomic mass is 10.1. The van der Waals surface area contributed by atoms with Crippen molar-refractivity contribution in [2.45, 2.75) is 20.3 Å². The van der Waals surface area contributed by atoms with E-state index in [1.54, 1.807) is 31.2 Å². The zero-order chi connectivity index (χ0) is 18.0. The molecular formula is C20H17Cl2NO2.